The molecule has 0 radical (unpaired) electrons. The lowest BCUT2D eigenvalue weighted by Crippen LogP contribution is -2.28. The van der Waals surface area contributed by atoms with Crippen LogP contribution in [-0.2, 0) is 10.8 Å². The fourth-order valence-electron chi connectivity index (χ4n) is 11.5. The summed E-state index contributed by atoms with van der Waals surface area (Å²) in [7, 11) is 0. The highest BCUT2D eigenvalue weighted by Gasteiger charge is 2.46. The first-order valence-electron chi connectivity index (χ1n) is 23.0. The summed E-state index contributed by atoms with van der Waals surface area (Å²) in [5, 5.41) is 2.28. The Morgan fingerprint density at radius 3 is 1.56 bits per heavy atom. The van der Waals surface area contributed by atoms with Crippen molar-refractivity contribution in [2.24, 2.45) is 0 Å². The van der Waals surface area contributed by atoms with E-state index >= 15 is 0 Å². The summed E-state index contributed by atoms with van der Waals surface area (Å²) in [5.74, 6) is 0. The minimum atomic E-state index is -0.419. The van der Waals surface area contributed by atoms with Gasteiger partial charge in [-0.3, -0.25) is 0 Å². The molecule has 2 nitrogen and oxygen atoms in total. The predicted octanol–water partition coefficient (Wildman–Crippen LogP) is 17.1. The molecule has 1 aromatic heterocycles. The number of hydrogen-bond donors (Lipinski definition) is 0. The van der Waals surface area contributed by atoms with E-state index in [2.05, 4.69) is 243 Å². The number of furan rings is 1. The summed E-state index contributed by atoms with van der Waals surface area (Å²) in [5.41, 5.74) is 22.4. The molecule has 66 heavy (non-hydrogen) atoms. The maximum Gasteiger partial charge on any atom is 0.136 e. The SMILES string of the molecule is CC1(C)c2ccccc2-c2ccc(N(c3ccc(-c4ccc5c(c4)-c4ccccc4C5(c4ccccc4)c4ccccc4)cc3)c3ccc(-c4cccc5oc6ccccc6c45)cc3)cc21. The Labute approximate surface area is 385 Å². The molecule has 2 heteroatoms. The molecule has 1 heterocycles. The van der Waals surface area contributed by atoms with E-state index in [-0.39, 0.29) is 5.41 Å². The fourth-order valence-corrected chi connectivity index (χ4v) is 11.5. The van der Waals surface area contributed by atoms with E-state index in [0.717, 1.165) is 44.6 Å². The molecule has 0 amide bonds. The van der Waals surface area contributed by atoms with Gasteiger partial charge < -0.3 is 9.32 Å². The summed E-state index contributed by atoms with van der Waals surface area (Å²) < 4.78 is 6.29. The Morgan fingerprint density at radius 1 is 0.333 bits per heavy atom. The van der Waals surface area contributed by atoms with Crippen LogP contribution in [0.5, 0.6) is 0 Å². The van der Waals surface area contributed by atoms with Crippen LogP contribution in [0.4, 0.5) is 17.1 Å². The highest BCUT2D eigenvalue weighted by molar-refractivity contribution is 6.12. The van der Waals surface area contributed by atoms with Gasteiger partial charge in [0.05, 0.1) is 5.41 Å². The quantitative estimate of drug-likeness (QED) is 0.159. The van der Waals surface area contributed by atoms with Crippen LogP contribution in [0.2, 0.25) is 0 Å². The van der Waals surface area contributed by atoms with Crippen LogP contribution in [0.3, 0.4) is 0 Å². The van der Waals surface area contributed by atoms with Gasteiger partial charge >= 0.3 is 0 Å². The highest BCUT2D eigenvalue weighted by Crippen LogP contribution is 2.57. The van der Waals surface area contributed by atoms with Gasteiger partial charge in [-0.15, -0.1) is 0 Å². The summed E-state index contributed by atoms with van der Waals surface area (Å²) in [4.78, 5) is 2.41. The molecular formula is C64H45NO. The van der Waals surface area contributed by atoms with Crippen LogP contribution in [0.1, 0.15) is 47.2 Å². The molecule has 0 aliphatic heterocycles. The first-order valence-corrected chi connectivity index (χ1v) is 23.0. The first kappa shape index (κ1) is 38.3. The van der Waals surface area contributed by atoms with Gasteiger partial charge in [-0.25, -0.2) is 0 Å². The Kier molecular flexibility index (Phi) is 8.51. The largest absolute Gasteiger partial charge is 0.456 e. The van der Waals surface area contributed by atoms with E-state index in [1.165, 1.54) is 72.3 Å². The molecule has 13 rings (SSSR count). The summed E-state index contributed by atoms with van der Waals surface area (Å²) in [6, 6.07) is 86.9. The monoisotopic (exact) mass is 843 g/mol. The topological polar surface area (TPSA) is 16.4 Å². The maximum atomic E-state index is 6.29. The number of para-hydroxylation sites is 1. The third kappa shape index (κ3) is 5.61. The average molecular weight is 844 g/mol. The summed E-state index contributed by atoms with van der Waals surface area (Å²) in [6.07, 6.45) is 0. The van der Waals surface area contributed by atoms with E-state index in [9.17, 15) is 0 Å². The van der Waals surface area contributed by atoms with Gasteiger partial charge in [-0.05, 0) is 132 Å². The van der Waals surface area contributed by atoms with Crippen LogP contribution >= 0.6 is 0 Å². The second-order valence-corrected chi connectivity index (χ2v) is 18.4. The predicted molar refractivity (Wildman–Crippen MR) is 274 cm³/mol. The highest BCUT2D eigenvalue weighted by atomic mass is 16.3. The van der Waals surface area contributed by atoms with Gasteiger partial charge in [0.1, 0.15) is 11.2 Å². The van der Waals surface area contributed by atoms with Gasteiger partial charge in [0.25, 0.3) is 0 Å². The molecule has 2 aliphatic carbocycles. The summed E-state index contributed by atoms with van der Waals surface area (Å²) in [6.45, 7) is 4.71. The Balaban J connectivity index is 0.924. The second-order valence-electron chi connectivity index (χ2n) is 18.4. The molecule has 0 atom stereocenters. The van der Waals surface area contributed by atoms with Gasteiger partial charge in [0.15, 0.2) is 0 Å². The number of hydrogen-bond acceptors (Lipinski definition) is 2. The zero-order valence-electron chi connectivity index (χ0n) is 36.9. The molecule has 0 saturated carbocycles. The van der Waals surface area contributed by atoms with Gasteiger partial charge in [-0.2, -0.15) is 0 Å². The Morgan fingerprint density at radius 2 is 0.848 bits per heavy atom. The fraction of sp³-hybridized carbons (Fsp3) is 0.0625. The van der Waals surface area contributed by atoms with Crippen molar-refractivity contribution in [1.82, 2.24) is 0 Å². The number of benzene rings is 10. The lowest BCUT2D eigenvalue weighted by Gasteiger charge is -2.33. The van der Waals surface area contributed by atoms with Crippen LogP contribution in [0.15, 0.2) is 241 Å². The molecule has 0 saturated heterocycles. The van der Waals surface area contributed by atoms with E-state index < -0.39 is 5.41 Å². The lowest BCUT2D eigenvalue weighted by atomic mass is 9.67. The molecular weight excluding hydrogens is 799 g/mol. The molecule has 0 N–H and O–H groups in total. The van der Waals surface area contributed by atoms with E-state index in [4.69, 9.17) is 4.42 Å². The van der Waals surface area contributed by atoms with Crippen molar-refractivity contribution in [2.75, 3.05) is 4.90 Å². The molecule has 0 unspecified atom stereocenters. The van der Waals surface area contributed by atoms with Gasteiger partial charge in [0, 0.05) is 33.2 Å². The van der Waals surface area contributed by atoms with Crippen molar-refractivity contribution >= 4 is 39.0 Å². The smallest absolute Gasteiger partial charge is 0.136 e. The number of rotatable bonds is 7. The molecule has 312 valence electrons. The van der Waals surface area contributed by atoms with Crippen LogP contribution < -0.4 is 4.90 Å². The third-order valence-corrected chi connectivity index (χ3v) is 14.6. The average Bonchev–Trinajstić information content (AvgIpc) is 3.99. The van der Waals surface area contributed by atoms with Crippen molar-refractivity contribution in [3.8, 4) is 44.5 Å². The summed E-state index contributed by atoms with van der Waals surface area (Å²) >= 11 is 0. The zero-order chi connectivity index (χ0) is 44.0. The Hall–Kier alpha value is -8.20. The number of nitrogens with zero attached hydrogens (tertiary/aromatic N) is 1. The molecule has 0 spiro atoms. The van der Waals surface area contributed by atoms with Crippen molar-refractivity contribution in [3.63, 3.8) is 0 Å². The third-order valence-electron chi connectivity index (χ3n) is 14.6. The van der Waals surface area contributed by atoms with Crippen LogP contribution in [0.25, 0.3) is 66.4 Å². The number of fused-ring (bicyclic) bond motifs is 9. The van der Waals surface area contributed by atoms with Gasteiger partial charge in [0.2, 0.25) is 0 Å². The van der Waals surface area contributed by atoms with Crippen molar-refractivity contribution in [2.45, 2.75) is 24.7 Å². The van der Waals surface area contributed by atoms with Crippen LogP contribution in [0, 0.1) is 0 Å². The van der Waals surface area contributed by atoms with E-state index in [1.54, 1.807) is 0 Å². The minimum Gasteiger partial charge on any atom is -0.456 e. The Bertz CT molecular complexity index is 3620. The number of anilines is 3. The lowest BCUT2D eigenvalue weighted by molar-refractivity contribution is 0.660. The zero-order valence-corrected chi connectivity index (χ0v) is 36.9. The van der Waals surface area contributed by atoms with Crippen molar-refractivity contribution in [3.05, 3.63) is 270 Å². The van der Waals surface area contributed by atoms with E-state index in [1.807, 2.05) is 12.1 Å². The van der Waals surface area contributed by atoms with E-state index in [0.29, 0.717) is 0 Å². The first-order chi connectivity index (χ1) is 32.5. The van der Waals surface area contributed by atoms with Crippen molar-refractivity contribution < 1.29 is 4.42 Å². The molecule has 2 aliphatic rings. The maximum absolute atomic E-state index is 6.29. The van der Waals surface area contributed by atoms with Crippen molar-refractivity contribution in [1.29, 1.82) is 0 Å². The molecule has 0 bridgehead atoms. The molecule has 0 fully saturated rings. The minimum absolute atomic E-state index is 0.127. The standard InChI is InChI=1S/C64H45NO/c1-63(2)56-24-12-9-20-51(56)53-38-37-49(41-59(53)63)65(48-35-30-43(31-36-48)50-23-15-27-61-62(50)54-22-11-14-26-60(54)66-61)47-33-28-42(29-34-47)44-32-39-58-55(40-44)52-21-10-13-25-57(52)64(58,45-16-5-3-6-17-45)46-18-7-4-8-19-46/h3-41H,1-2H3. The molecule has 10 aromatic carbocycles. The normalized spacial score (nSPS) is 13.8. The molecule has 11 aromatic rings. The van der Waals surface area contributed by atoms with Crippen LogP contribution in [-0.4, -0.2) is 0 Å². The van der Waals surface area contributed by atoms with Gasteiger partial charge in [-0.1, -0.05) is 196 Å². The second kappa shape index (κ2) is 14.7.